The molecular formula is C30H50N6O5S2. The maximum Gasteiger partial charge on any atom is 0.407 e. The van der Waals surface area contributed by atoms with Crippen molar-refractivity contribution in [1.82, 2.24) is 30.8 Å². The number of thiazole rings is 2. The Bertz CT molecular complexity index is 1040. The first-order valence-electron chi connectivity index (χ1n) is 14.9. The summed E-state index contributed by atoms with van der Waals surface area (Å²) in [5.41, 5.74) is -0.834. The molecule has 4 rings (SSSR count). The molecule has 0 atom stereocenters. The number of hydrogen-bond donors (Lipinski definition) is 3. The van der Waals surface area contributed by atoms with Crippen LogP contribution in [0.25, 0.3) is 0 Å². The molecule has 11 nitrogen and oxygen atoms in total. The van der Waals surface area contributed by atoms with Crippen LogP contribution < -0.4 is 16.0 Å². The number of nitrogens with zero attached hydrogens (tertiary/aromatic N) is 3. The Hall–Kier alpha value is -2.61. The van der Waals surface area contributed by atoms with Crippen molar-refractivity contribution >= 4 is 41.1 Å². The number of carbonyl (C=O) groups excluding carboxylic acids is 3. The van der Waals surface area contributed by atoms with E-state index in [1.165, 1.54) is 16.3 Å². The molecule has 0 radical (unpaired) electrons. The number of rotatable bonds is 7. The topological polar surface area (TPSA) is 135 Å². The maximum absolute atomic E-state index is 11.6. The molecular weight excluding hydrogens is 589 g/mol. The summed E-state index contributed by atoms with van der Waals surface area (Å²) in [6.45, 7) is 17.9. The Balaban J connectivity index is 0.000000254. The normalized spacial score (nSPS) is 16.5. The molecule has 13 heteroatoms. The third kappa shape index (κ3) is 17.9. The van der Waals surface area contributed by atoms with Gasteiger partial charge >= 0.3 is 12.2 Å². The molecule has 0 bridgehead atoms. The standard InChI is InChI=1S/C15H25N3O2S.C11H22N2O2.C4H3NOS/c1-15(2,3)20-14(19)17-10-12-4-7-18(8-5-12)11-13-16-6-9-21-13;1-11(2,3)15-10(14)13-8-9-4-6-12-7-5-9;6-3-4-5-1-2-7-4/h6,9,12H,4-5,7-8,10-11H2,1-3H3,(H,17,19);9,12H,4-8H2,1-3H3,(H,13,14);1-3H. The number of likely N-dealkylation sites (tertiary alicyclic amines) is 1. The number of ether oxygens (including phenoxy) is 2. The van der Waals surface area contributed by atoms with Crippen LogP contribution in [0.3, 0.4) is 0 Å². The van der Waals surface area contributed by atoms with Gasteiger partial charge in [-0.1, -0.05) is 0 Å². The van der Waals surface area contributed by atoms with Crippen LogP contribution in [0.2, 0.25) is 0 Å². The van der Waals surface area contributed by atoms with Crippen molar-refractivity contribution in [3.05, 3.63) is 33.2 Å². The summed E-state index contributed by atoms with van der Waals surface area (Å²) in [6.07, 6.45) is 8.08. The van der Waals surface area contributed by atoms with E-state index in [1.54, 1.807) is 22.9 Å². The fourth-order valence-corrected chi connectivity index (χ4v) is 5.43. The molecule has 242 valence electrons. The van der Waals surface area contributed by atoms with E-state index in [9.17, 15) is 14.4 Å². The zero-order chi connectivity index (χ0) is 31.7. The van der Waals surface area contributed by atoms with Crippen LogP contribution in [0.15, 0.2) is 23.2 Å². The summed E-state index contributed by atoms with van der Waals surface area (Å²) in [5, 5.41) is 14.5. The second kappa shape index (κ2) is 18.9. The Morgan fingerprint density at radius 3 is 1.81 bits per heavy atom. The van der Waals surface area contributed by atoms with Crippen LogP contribution in [0, 0.1) is 11.8 Å². The maximum atomic E-state index is 11.6. The molecule has 0 aromatic carbocycles. The van der Waals surface area contributed by atoms with Crippen LogP contribution in [-0.4, -0.2) is 83.8 Å². The quantitative estimate of drug-likeness (QED) is 0.343. The van der Waals surface area contributed by atoms with E-state index in [4.69, 9.17) is 9.47 Å². The largest absolute Gasteiger partial charge is 0.444 e. The smallest absolute Gasteiger partial charge is 0.407 e. The molecule has 3 N–H and O–H groups in total. The highest BCUT2D eigenvalue weighted by molar-refractivity contribution is 7.11. The van der Waals surface area contributed by atoms with Crippen molar-refractivity contribution in [2.45, 2.75) is 85.0 Å². The first-order valence-corrected chi connectivity index (χ1v) is 16.7. The lowest BCUT2D eigenvalue weighted by atomic mass is 9.97. The Morgan fingerprint density at radius 2 is 1.40 bits per heavy atom. The fraction of sp³-hybridized carbons (Fsp3) is 0.700. The average Bonchev–Trinajstić information content (AvgIpc) is 3.66. The van der Waals surface area contributed by atoms with Crippen LogP contribution in [0.5, 0.6) is 0 Å². The van der Waals surface area contributed by atoms with Gasteiger partial charge in [-0.05, 0) is 105 Å². The summed E-state index contributed by atoms with van der Waals surface area (Å²) < 4.78 is 10.4. The van der Waals surface area contributed by atoms with Gasteiger partial charge in [0.2, 0.25) is 0 Å². The van der Waals surface area contributed by atoms with E-state index in [1.807, 2.05) is 53.1 Å². The van der Waals surface area contributed by atoms with Crippen molar-refractivity contribution < 1.29 is 23.9 Å². The van der Waals surface area contributed by atoms with Crippen LogP contribution in [-0.2, 0) is 16.0 Å². The van der Waals surface area contributed by atoms with Crippen LogP contribution >= 0.6 is 22.7 Å². The summed E-state index contributed by atoms with van der Waals surface area (Å²) >= 11 is 3.05. The Kier molecular flexibility index (Phi) is 16.1. The van der Waals surface area contributed by atoms with Gasteiger partial charge in [0, 0.05) is 36.2 Å². The molecule has 2 aromatic rings. The van der Waals surface area contributed by atoms with Gasteiger partial charge in [0.25, 0.3) is 0 Å². The van der Waals surface area contributed by atoms with Crippen LogP contribution in [0.1, 0.15) is 82.0 Å². The lowest BCUT2D eigenvalue weighted by molar-refractivity contribution is 0.0501. The second-order valence-electron chi connectivity index (χ2n) is 12.6. The minimum Gasteiger partial charge on any atom is -0.444 e. The average molecular weight is 639 g/mol. The second-order valence-corrected chi connectivity index (χ2v) is 14.5. The third-order valence-corrected chi connectivity index (χ3v) is 7.89. The predicted molar refractivity (Wildman–Crippen MR) is 172 cm³/mol. The first-order chi connectivity index (χ1) is 20.3. The highest BCUT2D eigenvalue weighted by atomic mass is 32.1. The SMILES string of the molecule is CC(C)(C)OC(=O)NCC1CCN(Cc2nccs2)CC1.CC(C)(C)OC(=O)NCC1CCNCC1.O=Cc1nccs1. The van der Waals surface area contributed by atoms with Crippen molar-refractivity contribution in [1.29, 1.82) is 0 Å². The molecule has 0 saturated carbocycles. The number of piperidine rings is 2. The van der Waals surface area contributed by atoms with E-state index in [2.05, 4.69) is 30.8 Å². The van der Waals surface area contributed by atoms with Gasteiger partial charge in [-0.15, -0.1) is 22.7 Å². The molecule has 2 amide bonds. The van der Waals surface area contributed by atoms with E-state index < -0.39 is 11.2 Å². The minimum atomic E-state index is -0.429. The number of alkyl carbamates (subject to hydrolysis) is 2. The molecule has 2 fully saturated rings. The lowest BCUT2D eigenvalue weighted by Gasteiger charge is -2.31. The highest BCUT2D eigenvalue weighted by Gasteiger charge is 2.22. The van der Waals surface area contributed by atoms with Gasteiger partial charge in [0.1, 0.15) is 16.2 Å². The van der Waals surface area contributed by atoms with E-state index in [-0.39, 0.29) is 12.2 Å². The molecule has 2 aliphatic rings. The molecule has 4 heterocycles. The van der Waals surface area contributed by atoms with Gasteiger partial charge in [0.05, 0.1) is 6.54 Å². The summed E-state index contributed by atoms with van der Waals surface area (Å²) in [6, 6.07) is 0. The number of aromatic nitrogens is 2. The molecule has 2 aromatic heterocycles. The number of carbonyl (C=O) groups is 3. The van der Waals surface area contributed by atoms with Gasteiger partial charge in [-0.3, -0.25) is 9.69 Å². The van der Waals surface area contributed by atoms with Crippen molar-refractivity contribution in [3.8, 4) is 0 Å². The Morgan fingerprint density at radius 1 is 0.884 bits per heavy atom. The zero-order valence-corrected chi connectivity index (χ0v) is 28.2. The molecule has 43 heavy (non-hydrogen) atoms. The van der Waals surface area contributed by atoms with Gasteiger partial charge < -0.3 is 25.4 Å². The lowest BCUT2D eigenvalue weighted by Crippen LogP contribution is -2.40. The highest BCUT2D eigenvalue weighted by Crippen LogP contribution is 2.19. The molecule has 2 aliphatic heterocycles. The molecule has 0 aliphatic carbocycles. The van der Waals surface area contributed by atoms with Crippen LogP contribution in [0.4, 0.5) is 9.59 Å². The van der Waals surface area contributed by atoms with E-state index in [0.29, 0.717) is 23.4 Å². The molecule has 0 unspecified atom stereocenters. The van der Waals surface area contributed by atoms with Gasteiger partial charge in [0.15, 0.2) is 11.3 Å². The van der Waals surface area contributed by atoms with Gasteiger partial charge in [-0.25, -0.2) is 19.6 Å². The number of amides is 2. The summed E-state index contributed by atoms with van der Waals surface area (Å²) in [4.78, 5) is 43.2. The third-order valence-electron chi connectivity index (χ3n) is 6.43. The summed E-state index contributed by atoms with van der Waals surface area (Å²) in [5.74, 6) is 1.14. The van der Waals surface area contributed by atoms with E-state index in [0.717, 1.165) is 71.2 Å². The fourth-order valence-electron chi connectivity index (χ4n) is 4.33. The monoisotopic (exact) mass is 638 g/mol. The van der Waals surface area contributed by atoms with Gasteiger partial charge in [-0.2, -0.15) is 0 Å². The van der Waals surface area contributed by atoms with Crippen molar-refractivity contribution in [2.75, 3.05) is 39.3 Å². The molecule has 2 saturated heterocycles. The first kappa shape index (κ1) is 36.6. The zero-order valence-electron chi connectivity index (χ0n) is 26.5. The van der Waals surface area contributed by atoms with Crippen molar-refractivity contribution in [2.24, 2.45) is 11.8 Å². The predicted octanol–water partition coefficient (Wildman–Crippen LogP) is 5.35. The molecule has 0 spiro atoms. The number of aldehydes is 1. The minimum absolute atomic E-state index is 0.305. The number of nitrogens with one attached hydrogen (secondary N) is 3. The van der Waals surface area contributed by atoms with E-state index >= 15 is 0 Å². The Labute approximate surface area is 264 Å². The van der Waals surface area contributed by atoms with Crippen molar-refractivity contribution in [3.63, 3.8) is 0 Å². The number of hydrogen-bond acceptors (Lipinski definition) is 11. The summed E-state index contributed by atoms with van der Waals surface area (Å²) in [7, 11) is 0.